The van der Waals surface area contributed by atoms with Gasteiger partial charge in [0.25, 0.3) is 0 Å². The Bertz CT molecular complexity index is 1100. The van der Waals surface area contributed by atoms with E-state index in [1.165, 1.54) is 4.90 Å². The van der Waals surface area contributed by atoms with Crippen molar-refractivity contribution in [3.8, 4) is 0 Å². The van der Waals surface area contributed by atoms with Crippen LogP contribution in [0.4, 0.5) is 0 Å². The number of hydrogen-bond acceptors (Lipinski definition) is 3. The maximum Gasteiger partial charge on any atom is 0.240 e. The maximum absolute atomic E-state index is 12.6. The van der Waals surface area contributed by atoms with Crippen molar-refractivity contribution in [3.05, 3.63) is 78.4 Å². The topological polar surface area (TPSA) is 79.7 Å². The molecule has 0 saturated heterocycles. The molecular formula is C23H28N3O3S+. The Morgan fingerprint density at radius 3 is 2.30 bits per heavy atom. The second-order valence-electron chi connectivity index (χ2n) is 7.60. The molecule has 1 atom stereocenters. The van der Waals surface area contributed by atoms with Crippen molar-refractivity contribution in [1.29, 1.82) is 0 Å². The number of carbonyl (C=O) groups excluding carboxylic acids is 1. The summed E-state index contributed by atoms with van der Waals surface area (Å²) in [6, 6.07) is 22.3. The minimum absolute atomic E-state index is 0.0390. The summed E-state index contributed by atoms with van der Waals surface area (Å²) in [6.07, 6.45) is 0.0684. The van der Waals surface area contributed by atoms with Crippen LogP contribution in [-0.4, -0.2) is 41.5 Å². The van der Waals surface area contributed by atoms with Gasteiger partial charge in [-0.15, -0.1) is 0 Å². The molecule has 0 fully saturated rings. The third-order valence-electron chi connectivity index (χ3n) is 4.82. The highest BCUT2D eigenvalue weighted by molar-refractivity contribution is 7.89. The maximum atomic E-state index is 12.6. The number of sulfonamides is 1. The molecule has 158 valence electrons. The molecule has 0 aliphatic carbocycles. The van der Waals surface area contributed by atoms with Crippen molar-refractivity contribution < 1.29 is 18.1 Å². The molecule has 0 unspecified atom stereocenters. The molecular weight excluding hydrogens is 398 g/mol. The normalized spacial score (nSPS) is 12.8. The lowest BCUT2D eigenvalue weighted by molar-refractivity contribution is -0.860. The van der Waals surface area contributed by atoms with Crippen molar-refractivity contribution in [3.63, 3.8) is 0 Å². The van der Waals surface area contributed by atoms with Crippen molar-refractivity contribution in [2.45, 2.75) is 17.4 Å². The molecule has 3 rings (SSSR count). The smallest absolute Gasteiger partial charge is 0.240 e. The summed E-state index contributed by atoms with van der Waals surface area (Å²) in [4.78, 5) is 13.9. The lowest BCUT2D eigenvalue weighted by atomic mass is 10.1. The van der Waals surface area contributed by atoms with Crippen molar-refractivity contribution >= 4 is 26.7 Å². The van der Waals surface area contributed by atoms with Gasteiger partial charge in [0.15, 0.2) is 0 Å². The van der Waals surface area contributed by atoms with Gasteiger partial charge in [0.2, 0.25) is 15.9 Å². The van der Waals surface area contributed by atoms with E-state index in [4.69, 9.17) is 0 Å². The molecule has 1 amide bonds. The van der Waals surface area contributed by atoms with Crippen molar-refractivity contribution in [2.75, 3.05) is 27.2 Å². The molecule has 0 aliphatic heterocycles. The number of likely N-dealkylation sites (N-methyl/N-ethyl adjacent to an activating group) is 1. The van der Waals surface area contributed by atoms with Gasteiger partial charge in [0, 0.05) is 13.0 Å². The van der Waals surface area contributed by atoms with Crippen LogP contribution >= 0.6 is 0 Å². The molecule has 3 aromatic rings. The van der Waals surface area contributed by atoms with E-state index < -0.39 is 10.0 Å². The van der Waals surface area contributed by atoms with Crippen LogP contribution in [0.5, 0.6) is 0 Å². The van der Waals surface area contributed by atoms with Crippen LogP contribution < -0.4 is 14.9 Å². The van der Waals surface area contributed by atoms with Gasteiger partial charge in [-0.1, -0.05) is 60.7 Å². The number of fused-ring (bicyclic) bond motifs is 1. The molecule has 0 aromatic heterocycles. The zero-order chi connectivity index (χ0) is 21.6. The number of quaternary nitrogens is 1. The highest BCUT2D eigenvalue weighted by Gasteiger charge is 2.19. The molecule has 7 heteroatoms. The first kappa shape index (κ1) is 22.0. The van der Waals surface area contributed by atoms with Gasteiger partial charge < -0.3 is 10.2 Å². The predicted octanol–water partition coefficient (Wildman–Crippen LogP) is 1.51. The molecule has 0 aliphatic rings. The van der Waals surface area contributed by atoms with Crippen LogP contribution in [0.3, 0.4) is 0 Å². The lowest BCUT2D eigenvalue weighted by Crippen LogP contribution is -3.06. The monoisotopic (exact) mass is 426 g/mol. The third-order valence-corrected chi connectivity index (χ3v) is 6.28. The minimum Gasteiger partial charge on any atom is -0.344 e. The molecule has 0 heterocycles. The summed E-state index contributed by atoms with van der Waals surface area (Å²) in [5.74, 6) is -0.189. The Morgan fingerprint density at radius 2 is 1.60 bits per heavy atom. The molecule has 30 heavy (non-hydrogen) atoms. The van der Waals surface area contributed by atoms with Gasteiger partial charge in [-0.2, -0.15) is 0 Å². The SMILES string of the molecule is C[NH+](C)C[C@H](NC(=O)CCNS(=O)(=O)c1ccc2ccccc2c1)c1ccccc1. The first-order valence-corrected chi connectivity index (χ1v) is 11.5. The highest BCUT2D eigenvalue weighted by Crippen LogP contribution is 2.18. The van der Waals surface area contributed by atoms with Crippen LogP contribution in [0, 0.1) is 0 Å². The van der Waals surface area contributed by atoms with E-state index >= 15 is 0 Å². The van der Waals surface area contributed by atoms with Gasteiger partial charge in [0.05, 0.1) is 19.0 Å². The summed E-state index contributed by atoms with van der Waals surface area (Å²) in [6.45, 7) is 0.774. The standard InChI is InChI=1S/C23H27N3O3S/c1-26(2)17-22(19-9-4-3-5-10-19)25-23(27)14-15-24-30(28,29)21-13-12-18-8-6-7-11-20(18)16-21/h3-13,16,22,24H,14-15,17H2,1-2H3,(H,25,27)/p+1/t22-/m0/s1. The lowest BCUT2D eigenvalue weighted by Gasteiger charge is -2.21. The fraction of sp³-hybridized carbons (Fsp3) is 0.261. The first-order valence-electron chi connectivity index (χ1n) is 9.97. The second-order valence-corrected chi connectivity index (χ2v) is 9.37. The van der Waals surface area contributed by atoms with Crippen LogP contribution in [0.25, 0.3) is 10.8 Å². The number of nitrogens with one attached hydrogen (secondary N) is 3. The number of rotatable bonds is 9. The second kappa shape index (κ2) is 9.84. The molecule has 3 aromatic carbocycles. The number of hydrogen-bond donors (Lipinski definition) is 3. The molecule has 3 N–H and O–H groups in total. The Kier molecular flexibility index (Phi) is 7.20. The van der Waals surface area contributed by atoms with Gasteiger partial charge in [-0.3, -0.25) is 4.79 Å². The zero-order valence-corrected chi connectivity index (χ0v) is 18.1. The number of amides is 1. The summed E-state index contributed by atoms with van der Waals surface area (Å²) in [7, 11) is 0.374. The van der Waals surface area contributed by atoms with E-state index in [1.807, 2.05) is 68.7 Å². The number of benzene rings is 3. The summed E-state index contributed by atoms with van der Waals surface area (Å²) < 4.78 is 27.7. The molecule has 0 spiro atoms. The van der Waals surface area contributed by atoms with E-state index in [2.05, 4.69) is 10.0 Å². The fourth-order valence-electron chi connectivity index (χ4n) is 3.33. The number of carbonyl (C=O) groups is 1. The summed E-state index contributed by atoms with van der Waals surface area (Å²) in [5.41, 5.74) is 1.03. The Labute approximate surface area is 178 Å². The van der Waals surface area contributed by atoms with E-state index in [1.54, 1.807) is 18.2 Å². The zero-order valence-electron chi connectivity index (χ0n) is 17.3. The van der Waals surface area contributed by atoms with Crippen molar-refractivity contribution in [2.24, 2.45) is 0 Å². The highest BCUT2D eigenvalue weighted by atomic mass is 32.2. The largest absolute Gasteiger partial charge is 0.344 e. The summed E-state index contributed by atoms with van der Waals surface area (Å²) >= 11 is 0. The predicted molar refractivity (Wildman–Crippen MR) is 119 cm³/mol. The minimum atomic E-state index is -3.68. The average Bonchev–Trinajstić information content (AvgIpc) is 2.73. The average molecular weight is 427 g/mol. The Morgan fingerprint density at radius 1 is 0.933 bits per heavy atom. The fourth-order valence-corrected chi connectivity index (χ4v) is 4.40. The van der Waals surface area contributed by atoms with Crippen LogP contribution in [-0.2, 0) is 14.8 Å². The Balaban J connectivity index is 1.59. The van der Waals surface area contributed by atoms with E-state index in [0.717, 1.165) is 22.9 Å². The molecule has 0 radical (unpaired) electrons. The molecule has 0 saturated carbocycles. The van der Waals surface area contributed by atoms with Gasteiger partial charge >= 0.3 is 0 Å². The van der Waals surface area contributed by atoms with Crippen LogP contribution in [0.15, 0.2) is 77.7 Å². The van der Waals surface area contributed by atoms with E-state index in [9.17, 15) is 13.2 Å². The summed E-state index contributed by atoms with van der Waals surface area (Å²) in [5, 5.41) is 4.85. The van der Waals surface area contributed by atoms with Crippen LogP contribution in [0.1, 0.15) is 18.0 Å². The molecule has 6 nitrogen and oxygen atoms in total. The van der Waals surface area contributed by atoms with Gasteiger partial charge in [0.1, 0.15) is 12.6 Å². The van der Waals surface area contributed by atoms with Crippen LogP contribution in [0.2, 0.25) is 0 Å². The first-order chi connectivity index (χ1) is 14.3. The quantitative estimate of drug-likeness (QED) is 0.485. The van der Waals surface area contributed by atoms with E-state index in [0.29, 0.717) is 0 Å². The van der Waals surface area contributed by atoms with Gasteiger partial charge in [-0.25, -0.2) is 13.1 Å². The molecule has 0 bridgehead atoms. The van der Waals surface area contributed by atoms with Gasteiger partial charge in [-0.05, 0) is 28.5 Å². The third kappa shape index (κ3) is 5.89. The van der Waals surface area contributed by atoms with E-state index in [-0.39, 0.29) is 29.8 Å². The van der Waals surface area contributed by atoms with Crippen molar-refractivity contribution in [1.82, 2.24) is 10.0 Å². The Hall–Kier alpha value is -2.74.